The van der Waals surface area contributed by atoms with E-state index in [-0.39, 0.29) is 18.5 Å². The van der Waals surface area contributed by atoms with Crippen LogP contribution in [0.1, 0.15) is 6.42 Å². The van der Waals surface area contributed by atoms with Gasteiger partial charge in [0.15, 0.2) is 5.82 Å². The van der Waals surface area contributed by atoms with Gasteiger partial charge in [-0.1, -0.05) is 0 Å². The Balaban J connectivity index is 2.00. The molecule has 1 saturated heterocycles. The van der Waals surface area contributed by atoms with E-state index in [1.54, 1.807) is 40.7 Å². The van der Waals surface area contributed by atoms with Gasteiger partial charge in [0.05, 0.1) is 12.5 Å². The molecule has 2 heterocycles. The highest BCUT2D eigenvalue weighted by Gasteiger charge is 2.29. The van der Waals surface area contributed by atoms with Crippen LogP contribution >= 0.6 is 11.8 Å². The predicted octanol–water partition coefficient (Wildman–Crippen LogP) is 0.844. The molecular weight excluding hydrogens is 268 g/mol. The third-order valence-electron chi connectivity index (χ3n) is 2.85. The zero-order valence-electron chi connectivity index (χ0n) is 10.6. The fraction of sp³-hybridized carbons (Fsp3) is 0.545. The van der Waals surface area contributed by atoms with Crippen LogP contribution in [0.5, 0.6) is 0 Å². The maximum absolute atomic E-state index is 12.1. The number of carbonyl (C=O) groups excluding carboxylic acids is 1. The van der Waals surface area contributed by atoms with E-state index in [1.807, 2.05) is 0 Å². The van der Waals surface area contributed by atoms with Crippen molar-refractivity contribution in [3.8, 4) is 0 Å². The number of carboxylic acids is 1. The van der Waals surface area contributed by atoms with Gasteiger partial charge < -0.3 is 10.0 Å². The number of carbonyl (C=O) groups is 2. The molecule has 19 heavy (non-hydrogen) atoms. The average Bonchev–Trinajstić information content (AvgIpc) is 2.74. The summed E-state index contributed by atoms with van der Waals surface area (Å²) in [6.07, 6.45) is 1.71. The number of aryl methyl sites for hydroxylation is 1. The fourth-order valence-electron chi connectivity index (χ4n) is 1.96. The largest absolute Gasteiger partial charge is 0.481 e. The van der Waals surface area contributed by atoms with Crippen molar-refractivity contribution in [1.82, 2.24) is 14.7 Å². The van der Waals surface area contributed by atoms with Crippen LogP contribution < -0.4 is 5.32 Å². The van der Waals surface area contributed by atoms with E-state index in [1.165, 1.54) is 0 Å². The van der Waals surface area contributed by atoms with E-state index in [2.05, 4.69) is 10.4 Å². The van der Waals surface area contributed by atoms with E-state index >= 15 is 0 Å². The molecule has 104 valence electrons. The molecule has 1 atom stereocenters. The number of aromatic nitrogens is 2. The Morgan fingerprint density at radius 3 is 3.05 bits per heavy atom. The molecule has 0 radical (unpaired) electrons. The first-order valence-corrected chi connectivity index (χ1v) is 7.08. The SMILES string of the molecule is Cn1ccc(NC(=O)N2CCSCC2CC(=O)O)n1. The van der Waals surface area contributed by atoms with E-state index in [0.717, 1.165) is 5.75 Å². The molecule has 0 bridgehead atoms. The minimum absolute atomic E-state index is 0.0252. The lowest BCUT2D eigenvalue weighted by Crippen LogP contribution is -2.49. The lowest BCUT2D eigenvalue weighted by atomic mass is 10.2. The minimum atomic E-state index is -0.886. The van der Waals surface area contributed by atoms with Crippen molar-refractivity contribution >= 4 is 29.6 Å². The second-order valence-corrected chi connectivity index (χ2v) is 5.47. The maximum Gasteiger partial charge on any atom is 0.323 e. The fourth-order valence-corrected chi connectivity index (χ4v) is 3.02. The van der Waals surface area contributed by atoms with Crippen LogP contribution in [0.4, 0.5) is 10.6 Å². The molecule has 0 saturated carbocycles. The summed E-state index contributed by atoms with van der Waals surface area (Å²) in [5.41, 5.74) is 0. The molecule has 0 spiro atoms. The standard InChI is InChI=1S/C11H16N4O3S/c1-14-3-2-9(13-14)12-11(18)15-4-5-19-7-8(15)6-10(16)17/h2-3,8H,4-7H2,1H3,(H,16,17)(H,12,13,18). The van der Waals surface area contributed by atoms with E-state index in [0.29, 0.717) is 18.1 Å². The zero-order valence-corrected chi connectivity index (χ0v) is 11.4. The number of aliphatic carboxylic acids is 1. The molecule has 1 unspecified atom stereocenters. The number of hydrogen-bond donors (Lipinski definition) is 2. The zero-order chi connectivity index (χ0) is 13.8. The van der Waals surface area contributed by atoms with Crippen LogP contribution in [0.3, 0.4) is 0 Å². The highest BCUT2D eigenvalue weighted by Crippen LogP contribution is 2.20. The van der Waals surface area contributed by atoms with Crippen LogP contribution in [-0.4, -0.2) is 55.9 Å². The first-order chi connectivity index (χ1) is 9.06. The summed E-state index contributed by atoms with van der Waals surface area (Å²) in [5.74, 6) is 1.07. The molecule has 8 heteroatoms. The van der Waals surface area contributed by atoms with Crippen LogP contribution in [0.25, 0.3) is 0 Å². The summed E-state index contributed by atoms with van der Waals surface area (Å²) in [6, 6.07) is 1.15. The number of amides is 2. The Hall–Kier alpha value is -1.70. The second kappa shape index (κ2) is 5.96. The number of nitrogens with zero attached hydrogens (tertiary/aromatic N) is 3. The Labute approximate surface area is 115 Å². The molecule has 2 N–H and O–H groups in total. The van der Waals surface area contributed by atoms with Crippen molar-refractivity contribution in [2.75, 3.05) is 23.4 Å². The maximum atomic E-state index is 12.1. The summed E-state index contributed by atoms with van der Waals surface area (Å²) in [5, 5.41) is 15.6. The molecule has 0 aliphatic carbocycles. The van der Waals surface area contributed by atoms with Gasteiger partial charge in [-0.05, 0) is 0 Å². The van der Waals surface area contributed by atoms with Gasteiger partial charge in [0.1, 0.15) is 0 Å². The third kappa shape index (κ3) is 3.63. The van der Waals surface area contributed by atoms with Gasteiger partial charge in [-0.15, -0.1) is 0 Å². The van der Waals surface area contributed by atoms with Gasteiger partial charge in [0.2, 0.25) is 0 Å². The number of rotatable bonds is 3. The first kappa shape index (κ1) is 13.7. The van der Waals surface area contributed by atoms with Crippen molar-refractivity contribution < 1.29 is 14.7 Å². The van der Waals surface area contributed by atoms with Crippen molar-refractivity contribution in [3.05, 3.63) is 12.3 Å². The Kier molecular flexibility index (Phi) is 4.31. The summed E-state index contributed by atoms with van der Waals surface area (Å²) in [4.78, 5) is 24.5. The number of thioether (sulfide) groups is 1. The monoisotopic (exact) mass is 284 g/mol. The molecule has 0 aromatic carbocycles. The quantitative estimate of drug-likeness (QED) is 0.859. The Morgan fingerprint density at radius 2 is 2.42 bits per heavy atom. The summed E-state index contributed by atoms with van der Waals surface area (Å²) >= 11 is 1.67. The Bertz CT molecular complexity index is 476. The molecule has 2 rings (SSSR count). The number of anilines is 1. The van der Waals surface area contributed by atoms with Gasteiger partial charge >= 0.3 is 12.0 Å². The van der Waals surface area contributed by atoms with Crippen molar-refractivity contribution in [2.45, 2.75) is 12.5 Å². The first-order valence-electron chi connectivity index (χ1n) is 5.93. The highest BCUT2D eigenvalue weighted by atomic mass is 32.2. The van der Waals surface area contributed by atoms with Crippen molar-refractivity contribution in [1.29, 1.82) is 0 Å². The van der Waals surface area contributed by atoms with Crippen LogP contribution in [0.15, 0.2) is 12.3 Å². The van der Waals surface area contributed by atoms with Crippen LogP contribution in [0, 0.1) is 0 Å². The van der Waals surface area contributed by atoms with Gasteiger partial charge in [0, 0.05) is 37.4 Å². The van der Waals surface area contributed by atoms with E-state index in [9.17, 15) is 9.59 Å². The molecule has 1 aromatic rings. The van der Waals surface area contributed by atoms with Gasteiger partial charge in [0.25, 0.3) is 0 Å². The molecular formula is C11H16N4O3S. The lowest BCUT2D eigenvalue weighted by Gasteiger charge is -2.34. The van der Waals surface area contributed by atoms with Gasteiger partial charge in [-0.3, -0.25) is 14.8 Å². The molecule has 1 aliphatic heterocycles. The minimum Gasteiger partial charge on any atom is -0.481 e. The second-order valence-electron chi connectivity index (χ2n) is 4.32. The van der Waals surface area contributed by atoms with Crippen LogP contribution in [0.2, 0.25) is 0 Å². The molecule has 1 fully saturated rings. The van der Waals surface area contributed by atoms with E-state index < -0.39 is 5.97 Å². The van der Waals surface area contributed by atoms with Crippen molar-refractivity contribution in [3.63, 3.8) is 0 Å². The summed E-state index contributed by atoms with van der Waals surface area (Å²) in [7, 11) is 1.76. The van der Waals surface area contributed by atoms with Gasteiger partial charge in [-0.2, -0.15) is 16.9 Å². The summed E-state index contributed by atoms with van der Waals surface area (Å²) in [6.45, 7) is 0.557. The normalized spacial score (nSPS) is 19.2. The third-order valence-corrected chi connectivity index (χ3v) is 3.94. The topological polar surface area (TPSA) is 87.5 Å². The number of urea groups is 1. The smallest absolute Gasteiger partial charge is 0.323 e. The molecule has 7 nitrogen and oxygen atoms in total. The number of hydrogen-bond acceptors (Lipinski definition) is 4. The predicted molar refractivity (Wildman–Crippen MR) is 72.3 cm³/mol. The number of carboxylic acid groups (broad SMARTS) is 1. The lowest BCUT2D eigenvalue weighted by molar-refractivity contribution is -0.137. The average molecular weight is 284 g/mol. The van der Waals surface area contributed by atoms with Crippen molar-refractivity contribution in [2.24, 2.45) is 7.05 Å². The molecule has 1 aromatic heterocycles. The number of nitrogens with one attached hydrogen (secondary N) is 1. The van der Waals surface area contributed by atoms with Gasteiger partial charge in [-0.25, -0.2) is 4.79 Å². The highest BCUT2D eigenvalue weighted by molar-refractivity contribution is 7.99. The molecule has 1 aliphatic rings. The Morgan fingerprint density at radius 1 is 1.63 bits per heavy atom. The molecule has 2 amide bonds. The summed E-state index contributed by atoms with van der Waals surface area (Å²) < 4.78 is 1.59. The van der Waals surface area contributed by atoms with E-state index in [4.69, 9.17) is 5.11 Å². The van der Waals surface area contributed by atoms with Crippen LogP contribution in [-0.2, 0) is 11.8 Å².